The van der Waals surface area contributed by atoms with Crippen LogP contribution in [0.1, 0.15) is 43.0 Å². The third-order valence-corrected chi connectivity index (χ3v) is 4.97. The van der Waals surface area contributed by atoms with Crippen LogP contribution in [0.15, 0.2) is 17.5 Å². The van der Waals surface area contributed by atoms with Crippen LogP contribution in [0, 0.1) is 5.41 Å². The van der Waals surface area contributed by atoms with Crippen LogP contribution >= 0.6 is 11.3 Å². The smallest absolute Gasteiger partial charge is 0.305 e. The number of hydrogen-bond acceptors (Lipinski definition) is 4. The van der Waals surface area contributed by atoms with Gasteiger partial charge in [0.2, 0.25) is 5.91 Å². The highest BCUT2D eigenvalue weighted by atomic mass is 32.1. The summed E-state index contributed by atoms with van der Waals surface area (Å²) < 4.78 is 0. The van der Waals surface area contributed by atoms with Gasteiger partial charge in [0.05, 0.1) is 12.5 Å². The van der Waals surface area contributed by atoms with Crippen molar-refractivity contribution < 1.29 is 14.7 Å². The number of carboxylic acids is 1. The molecule has 0 aromatic carbocycles. The molecule has 0 aliphatic heterocycles. The van der Waals surface area contributed by atoms with Gasteiger partial charge in [-0.3, -0.25) is 9.59 Å². The van der Waals surface area contributed by atoms with E-state index in [0.29, 0.717) is 13.0 Å². The molecule has 5 nitrogen and oxygen atoms in total. The minimum Gasteiger partial charge on any atom is -0.481 e. The van der Waals surface area contributed by atoms with E-state index in [-0.39, 0.29) is 17.7 Å². The monoisotopic (exact) mass is 296 g/mol. The largest absolute Gasteiger partial charge is 0.481 e. The molecule has 2 rings (SSSR count). The van der Waals surface area contributed by atoms with Crippen molar-refractivity contribution in [2.45, 2.75) is 38.1 Å². The molecule has 1 unspecified atom stereocenters. The maximum Gasteiger partial charge on any atom is 0.305 e. The van der Waals surface area contributed by atoms with E-state index < -0.39 is 12.0 Å². The van der Waals surface area contributed by atoms with E-state index in [1.165, 1.54) is 11.3 Å². The highest BCUT2D eigenvalue weighted by Crippen LogP contribution is 2.43. The van der Waals surface area contributed by atoms with Crippen molar-refractivity contribution >= 4 is 23.2 Å². The summed E-state index contributed by atoms with van der Waals surface area (Å²) in [5.74, 6) is -1.02. The number of nitrogens with two attached hydrogens (primary N) is 1. The lowest BCUT2D eigenvalue weighted by molar-refractivity contribution is -0.137. The predicted molar refractivity (Wildman–Crippen MR) is 77.4 cm³/mol. The minimum absolute atomic E-state index is 0.0622. The third-order valence-electron chi connectivity index (χ3n) is 3.98. The fraction of sp³-hybridized carbons (Fsp3) is 0.571. The highest BCUT2D eigenvalue weighted by Gasteiger charge is 2.38. The number of carbonyl (C=O) groups is 2. The zero-order valence-corrected chi connectivity index (χ0v) is 12.1. The second kappa shape index (κ2) is 6.37. The lowest BCUT2D eigenvalue weighted by Gasteiger charge is -2.40. The van der Waals surface area contributed by atoms with Gasteiger partial charge in [0.15, 0.2) is 0 Å². The van der Waals surface area contributed by atoms with Crippen molar-refractivity contribution in [2.75, 3.05) is 6.54 Å². The van der Waals surface area contributed by atoms with Crippen molar-refractivity contribution in [3.63, 3.8) is 0 Å². The van der Waals surface area contributed by atoms with Crippen LogP contribution in [-0.2, 0) is 9.59 Å². The van der Waals surface area contributed by atoms with E-state index in [2.05, 4.69) is 5.32 Å². The Bertz CT molecular complexity index is 463. The van der Waals surface area contributed by atoms with Crippen molar-refractivity contribution in [3.8, 4) is 0 Å². The second-order valence-corrected chi connectivity index (χ2v) is 6.45. The van der Waals surface area contributed by atoms with E-state index in [9.17, 15) is 9.59 Å². The second-order valence-electron chi connectivity index (χ2n) is 5.47. The molecule has 110 valence electrons. The number of aliphatic carboxylic acids is 1. The van der Waals surface area contributed by atoms with E-state index in [4.69, 9.17) is 10.8 Å². The molecule has 1 fully saturated rings. The standard InChI is InChI=1S/C14H20N2O3S/c15-9-14(4-2-5-14)8-12(17)16-10(7-13(18)19)11-3-1-6-20-11/h1,3,6,10H,2,4-5,7-9,15H2,(H,16,17)(H,18,19). The Morgan fingerprint density at radius 1 is 1.50 bits per heavy atom. The number of amides is 1. The summed E-state index contributed by atoms with van der Waals surface area (Å²) in [5, 5.41) is 13.7. The first-order valence-corrected chi connectivity index (χ1v) is 7.67. The van der Waals surface area contributed by atoms with Gasteiger partial charge in [-0.25, -0.2) is 0 Å². The van der Waals surface area contributed by atoms with Gasteiger partial charge in [0.25, 0.3) is 0 Å². The van der Waals surface area contributed by atoms with Gasteiger partial charge in [-0.2, -0.15) is 0 Å². The first-order chi connectivity index (χ1) is 9.54. The summed E-state index contributed by atoms with van der Waals surface area (Å²) in [6, 6.07) is 3.25. The number of nitrogens with one attached hydrogen (secondary N) is 1. The summed E-state index contributed by atoms with van der Waals surface area (Å²) in [6.45, 7) is 0.517. The van der Waals surface area contributed by atoms with Gasteiger partial charge in [0.1, 0.15) is 0 Å². The average Bonchev–Trinajstić information content (AvgIpc) is 2.86. The van der Waals surface area contributed by atoms with E-state index in [0.717, 1.165) is 24.1 Å². The Morgan fingerprint density at radius 2 is 2.25 bits per heavy atom. The first kappa shape index (κ1) is 15.0. The average molecular weight is 296 g/mol. The Kier molecular flexibility index (Phi) is 4.77. The van der Waals surface area contributed by atoms with Crippen molar-refractivity contribution in [3.05, 3.63) is 22.4 Å². The molecular weight excluding hydrogens is 276 g/mol. The topological polar surface area (TPSA) is 92.4 Å². The molecule has 1 saturated carbocycles. The number of hydrogen-bond donors (Lipinski definition) is 3. The zero-order chi connectivity index (χ0) is 14.6. The molecule has 4 N–H and O–H groups in total. The van der Waals surface area contributed by atoms with E-state index in [1.807, 2.05) is 17.5 Å². The summed E-state index contributed by atoms with van der Waals surface area (Å²) in [6.07, 6.45) is 3.39. The van der Waals surface area contributed by atoms with Gasteiger partial charge < -0.3 is 16.2 Å². The van der Waals surface area contributed by atoms with Crippen LogP contribution in [0.3, 0.4) is 0 Å². The van der Waals surface area contributed by atoms with Gasteiger partial charge >= 0.3 is 5.97 Å². The molecule has 1 aliphatic carbocycles. The molecule has 1 aromatic heterocycles. The summed E-state index contributed by atoms with van der Waals surface area (Å²) in [4.78, 5) is 23.9. The fourth-order valence-corrected chi connectivity index (χ4v) is 3.38. The Morgan fingerprint density at radius 3 is 2.70 bits per heavy atom. The molecule has 20 heavy (non-hydrogen) atoms. The first-order valence-electron chi connectivity index (χ1n) is 6.79. The molecule has 1 heterocycles. The van der Waals surface area contributed by atoms with Crippen LogP contribution in [0.4, 0.5) is 0 Å². The van der Waals surface area contributed by atoms with Gasteiger partial charge in [0, 0.05) is 11.3 Å². The number of carbonyl (C=O) groups excluding carboxylic acids is 1. The van der Waals surface area contributed by atoms with Crippen LogP contribution in [0.25, 0.3) is 0 Å². The molecule has 1 atom stereocenters. The number of thiophene rings is 1. The number of carboxylic acid groups (broad SMARTS) is 1. The zero-order valence-electron chi connectivity index (χ0n) is 11.3. The third kappa shape index (κ3) is 3.58. The molecule has 0 spiro atoms. The molecule has 6 heteroatoms. The summed E-state index contributed by atoms with van der Waals surface area (Å²) >= 11 is 1.46. The van der Waals surface area contributed by atoms with Crippen molar-refractivity contribution in [1.82, 2.24) is 5.32 Å². The van der Waals surface area contributed by atoms with Gasteiger partial charge in [-0.05, 0) is 36.2 Å². The minimum atomic E-state index is -0.916. The number of rotatable bonds is 7. The maximum absolute atomic E-state index is 12.1. The van der Waals surface area contributed by atoms with Crippen LogP contribution in [0.5, 0.6) is 0 Å². The predicted octanol–water partition coefficient (Wildman–Crippen LogP) is 1.90. The molecular formula is C14H20N2O3S. The quantitative estimate of drug-likeness (QED) is 0.716. The van der Waals surface area contributed by atoms with Crippen LogP contribution in [0.2, 0.25) is 0 Å². The molecule has 1 aliphatic rings. The van der Waals surface area contributed by atoms with Gasteiger partial charge in [-0.15, -0.1) is 11.3 Å². The van der Waals surface area contributed by atoms with Crippen molar-refractivity contribution in [1.29, 1.82) is 0 Å². The molecule has 1 amide bonds. The summed E-state index contributed by atoms with van der Waals surface area (Å²) in [5.41, 5.74) is 5.69. The SMILES string of the molecule is NCC1(CC(=O)NC(CC(=O)O)c2cccs2)CCC1. The van der Waals surface area contributed by atoms with Gasteiger partial charge in [-0.1, -0.05) is 12.5 Å². The molecule has 0 radical (unpaired) electrons. The fourth-order valence-electron chi connectivity index (χ4n) is 2.60. The maximum atomic E-state index is 12.1. The lowest BCUT2D eigenvalue weighted by Crippen LogP contribution is -2.42. The Hall–Kier alpha value is -1.40. The normalized spacial score (nSPS) is 18.1. The summed E-state index contributed by atoms with van der Waals surface area (Å²) in [7, 11) is 0. The van der Waals surface area contributed by atoms with E-state index in [1.54, 1.807) is 0 Å². The van der Waals surface area contributed by atoms with Crippen LogP contribution < -0.4 is 11.1 Å². The van der Waals surface area contributed by atoms with Crippen molar-refractivity contribution in [2.24, 2.45) is 11.1 Å². The molecule has 0 bridgehead atoms. The van der Waals surface area contributed by atoms with E-state index >= 15 is 0 Å². The lowest BCUT2D eigenvalue weighted by atomic mass is 9.66. The van der Waals surface area contributed by atoms with Crippen LogP contribution in [-0.4, -0.2) is 23.5 Å². The Balaban J connectivity index is 1.97. The molecule has 1 aromatic rings. The molecule has 0 saturated heterocycles. The highest BCUT2D eigenvalue weighted by molar-refractivity contribution is 7.10. The Labute approximate surface area is 122 Å².